The van der Waals surface area contributed by atoms with Gasteiger partial charge in [0, 0.05) is 18.7 Å². The summed E-state index contributed by atoms with van der Waals surface area (Å²) in [4.78, 5) is 23.9. The monoisotopic (exact) mass is 339 g/mol. The smallest absolute Gasteiger partial charge is 0.342 e. The van der Waals surface area contributed by atoms with Crippen molar-refractivity contribution in [3.05, 3.63) is 17.7 Å². The normalized spacial score (nSPS) is 10.0. The zero-order valence-corrected chi connectivity index (χ0v) is 14.6. The Labute approximate surface area is 142 Å². The van der Waals surface area contributed by atoms with E-state index < -0.39 is 5.97 Å². The Morgan fingerprint density at radius 3 is 2.17 bits per heavy atom. The summed E-state index contributed by atoms with van der Waals surface area (Å²) in [7, 11) is 4.37. The molecule has 0 saturated heterocycles. The summed E-state index contributed by atoms with van der Waals surface area (Å²) in [5.74, 6) is 0.0743. The summed E-state index contributed by atoms with van der Waals surface area (Å²) in [5.41, 5.74) is 0.161. The van der Waals surface area contributed by atoms with Crippen molar-refractivity contribution in [1.29, 1.82) is 0 Å². The molecule has 1 rings (SSSR count). The number of esters is 1. The second kappa shape index (κ2) is 10.4. The number of hydrogen-bond acceptors (Lipinski definition) is 6. The molecule has 0 heterocycles. The number of amides is 1. The minimum absolute atomic E-state index is 0.161. The molecule has 7 nitrogen and oxygen atoms in total. The molecule has 0 spiro atoms. The Morgan fingerprint density at radius 2 is 1.58 bits per heavy atom. The molecule has 0 atom stereocenters. The molecule has 0 aliphatic rings. The predicted molar refractivity (Wildman–Crippen MR) is 88.9 cm³/mol. The first-order valence-electron chi connectivity index (χ1n) is 7.81. The average Bonchev–Trinajstić information content (AvgIpc) is 2.61. The molecule has 0 bridgehead atoms. The Bertz CT molecular complexity index is 558. The Kier molecular flexibility index (Phi) is 8.46. The van der Waals surface area contributed by atoms with Gasteiger partial charge in [-0.3, -0.25) is 4.79 Å². The van der Waals surface area contributed by atoms with Crippen LogP contribution >= 0.6 is 0 Å². The third kappa shape index (κ3) is 5.64. The van der Waals surface area contributed by atoms with Crippen molar-refractivity contribution in [2.45, 2.75) is 26.2 Å². The molecule has 0 unspecified atom stereocenters. The molecular formula is C17H25NO6. The third-order valence-electron chi connectivity index (χ3n) is 3.36. The molecule has 0 aliphatic carbocycles. The fourth-order valence-corrected chi connectivity index (χ4v) is 2.05. The average molecular weight is 339 g/mol. The lowest BCUT2D eigenvalue weighted by atomic mass is 10.1. The highest BCUT2D eigenvalue weighted by Gasteiger charge is 2.19. The number of carbonyl (C=O) groups excluding carboxylic acids is 2. The second-order valence-corrected chi connectivity index (χ2v) is 5.04. The van der Waals surface area contributed by atoms with Gasteiger partial charge >= 0.3 is 5.97 Å². The zero-order valence-electron chi connectivity index (χ0n) is 14.6. The molecule has 7 heteroatoms. The maximum atomic E-state index is 12.2. The fraction of sp³-hybridized carbons (Fsp3) is 0.529. The minimum Gasteiger partial charge on any atom is -0.496 e. The number of rotatable bonds is 10. The van der Waals surface area contributed by atoms with Crippen molar-refractivity contribution in [3.8, 4) is 17.2 Å². The summed E-state index contributed by atoms with van der Waals surface area (Å²) < 4.78 is 20.5. The van der Waals surface area contributed by atoms with Crippen molar-refractivity contribution in [3.63, 3.8) is 0 Å². The van der Waals surface area contributed by atoms with Gasteiger partial charge in [0.25, 0.3) is 5.91 Å². The number of nitrogens with one attached hydrogen (secondary N) is 1. The van der Waals surface area contributed by atoms with Crippen LogP contribution in [0.2, 0.25) is 0 Å². The molecule has 0 aromatic heterocycles. The van der Waals surface area contributed by atoms with E-state index in [0.717, 1.165) is 19.3 Å². The number of ether oxygens (including phenoxy) is 4. The molecule has 0 radical (unpaired) electrons. The first-order valence-corrected chi connectivity index (χ1v) is 7.81. The van der Waals surface area contributed by atoms with Crippen LogP contribution < -0.4 is 19.5 Å². The highest BCUT2D eigenvalue weighted by molar-refractivity contribution is 5.95. The Morgan fingerprint density at radius 1 is 0.958 bits per heavy atom. The van der Waals surface area contributed by atoms with Gasteiger partial charge in [-0.05, 0) is 6.42 Å². The van der Waals surface area contributed by atoms with E-state index in [1.165, 1.54) is 33.5 Å². The molecule has 134 valence electrons. The lowest BCUT2D eigenvalue weighted by molar-refractivity contribution is -0.124. The Hall–Kier alpha value is -2.44. The summed E-state index contributed by atoms with van der Waals surface area (Å²) >= 11 is 0. The van der Waals surface area contributed by atoms with Gasteiger partial charge in [-0.25, -0.2) is 4.79 Å². The van der Waals surface area contributed by atoms with Crippen LogP contribution in [0, 0.1) is 0 Å². The summed E-state index contributed by atoms with van der Waals surface area (Å²) in [6, 6.07) is 2.99. The first-order chi connectivity index (χ1) is 11.6. The molecule has 24 heavy (non-hydrogen) atoms. The standard InChI is InChI=1S/C17H25NO6/c1-5-6-7-8-18-16(19)11-24-17(20)12-9-14(22-3)15(23-4)10-13(12)21-2/h9-10H,5-8,11H2,1-4H3,(H,18,19). The number of carbonyl (C=O) groups is 2. The van der Waals surface area contributed by atoms with E-state index in [1.807, 2.05) is 0 Å². The molecule has 1 aromatic rings. The van der Waals surface area contributed by atoms with Crippen molar-refractivity contribution in [2.75, 3.05) is 34.5 Å². The maximum absolute atomic E-state index is 12.2. The van der Waals surface area contributed by atoms with E-state index >= 15 is 0 Å². The van der Waals surface area contributed by atoms with Gasteiger partial charge in [0.1, 0.15) is 11.3 Å². The summed E-state index contributed by atoms with van der Waals surface area (Å²) in [6.45, 7) is 2.31. The van der Waals surface area contributed by atoms with E-state index in [9.17, 15) is 9.59 Å². The maximum Gasteiger partial charge on any atom is 0.342 e. The van der Waals surface area contributed by atoms with E-state index in [2.05, 4.69) is 12.2 Å². The van der Waals surface area contributed by atoms with Gasteiger partial charge in [0.05, 0.1) is 21.3 Å². The van der Waals surface area contributed by atoms with Crippen molar-refractivity contribution >= 4 is 11.9 Å². The SMILES string of the molecule is CCCCCNC(=O)COC(=O)c1cc(OC)c(OC)cc1OC. The van der Waals surface area contributed by atoms with Gasteiger partial charge in [-0.15, -0.1) is 0 Å². The van der Waals surface area contributed by atoms with Gasteiger partial charge in [0.2, 0.25) is 0 Å². The quantitative estimate of drug-likeness (QED) is 0.520. The van der Waals surface area contributed by atoms with Crippen LogP contribution in [0.3, 0.4) is 0 Å². The number of methoxy groups -OCH3 is 3. The van der Waals surface area contributed by atoms with Crippen LogP contribution in [0.25, 0.3) is 0 Å². The topological polar surface area (TPSA) is 83.1 Å². The molecule has 1 aromatic carbocycles. The lowest BCUT2D eigenvalue weighted by Crippen LogP contribution is -2.29. The molecule has 0 fully saturated rings. The minimum atomic E-state index is -0.670. The highest BCUT2D eigenvalue weighted by Crippen LogP contribution is 2.34. The number of benzene rings is 1. The van der Waals surface area contributed by atoms with Crippen LogP contribution in [0.15, 0.2) is 12.1 Å². The fourth-order valence-electron chi connectivity index (χ4n) is 2.05. The second-order valence-electron chi connectivity index (χ2n) is 5.04. The van der Waals surface area contributed by atoms with E-state index in [0.29, 0.717) is 18.0 Å². The number of unbranched alkanes of at least 4 members (excludes halogenated alkanes) is 2. The third-order valence-corrected chi connectivity index (χ3v) is 3.36. The van der Waals surface area contributed by atoms with Gasteiger partial charge < -0.3 is 24.3 Å². The highest BCUT2D eigenvalue weighted by atomic mass is 16.5. The van der Waals surface area contributed by atoms with Gasteiger partial charge in [0.15, 0.2) is 18.1 Å². The molecule has 1 N–H and O–H groups in total. The van der Waals surface area contributed by atoms with Crippen LogP contribution in [0.4, 0.5) is 0 Å². The summed E-state index contributed by atoms with van der Waals surface area (Å²) in [5, 5.41) is 2.70. The van der Waals surface area contributed by atoms with Crippen molar-refractivity contribution in [1.82, 2.24) is 5.32 Å². The summed E-state index contributed by atoms with van der Waals surface area (Å²) in [6.07, 6.45) is 3.02. The van der Waals surface area contributed by atoms with Crippen molar-refractivity contribution < 1.29 is 28.5 Å². The van der Waals surface area contributed by atoms with Crippen molar-refractivity contribution in [2.24, 2.45) is 0 Å². The van der Waals surface area contributed by atoms with Gasteiger partial charge in [-0.2, -0.15) is 0 Å². The molecular weight excluding hydrogens is 314 g/mol. The van der Waals surface area contributed by atoms with Gasteiger partial charge in [-0.1, -0.05) is 19.8 Å². The lowest BCUT2D eigenvalue weighted by Gasteiger charge is -2.13. The van der Waals surface area contributed by atoms with Crippen LogP contribution in [0.5, 0.6) is 17.2 Å². The van der Waals surface area contributed by atoms with E-state index in [1.54, 1.807) is 0 Å². The van der Waals surface area contributed by atoms with Crippen LogP contribution in [0.1, 0.15) is 36.5 Å². The van der Waals surface area contributed by atoms with E-state index in [4.69, 9.17) is 18.9 Å². The predicted octanol–water partition coefficient (Wildman–Crippen LogP) is 2.18. The van der Waals surface area contributed by atoms with E-state index in [-0.39, 0.29) is 23.8 Å². The zero-order chi connectivity index (χ0) is 17.9. The van der Waals surface area contributed by atoms with Crippen LogP contribution in [-0.4, -0.2) is 46.4 Å². The molecule has 1 amide bonds. The van der Waals surface area contributed by atoms with Crippen LogP contribution in [-0.2, 0) is 9.53 Å². The first kappa shape index (κ1) is 19.6. The molecule has 0 saturated carbocycles. The number of hydrogen-bond donors (Lipinski definition) is 1. The largest absolute Gasteiger partial charge is 0.496 e. The Balaban J connectivity index is 2.68. The molecule has 0 aliphatic heterocycles.